The minimum atomic E-state index is -0.967. The Kier molecular flexibility index (Phi) is 9.76. The summed E-state index contributed by atoms with van der Waals surface area (Å²) in [5, 5.41) is 15.8. The van der Waals surface area contributed by atoms with Crippen LogP contribution in [-0.4, -0.2) is 83.3 Å². The van der Waals surface area contributed by atoms with E-state index >= 15 is 0 Å². The Morgan fingerprint density at radius 1 is 1.21 bits per heavy atom. The molecule has 224 valence electrons. The number of aldehydes is 1. The Labute approximate surface area is 260 Å². The smallest absolute Gasteiger partial charge is 0.338 e. The zero-order valence-corrected chi connectivity index (χ0v) is 25.6. The number of ether oxygens (including phenoxy) is 1. The van der Waals surface area contributed by atoms with Gasteiger partial charge in [0.05, 0.1) is 12.2 Å². The summed E-state index contributed by atoms with van der Waals surface area (Å²) in [5.41, 5.74) is 2.59. The highest BCUT2D eigenvalue weighted by Crippen LogP contribution is 2.37. The van der Waals surface area contributed by atoms with Gasteiger partial charge in [-0.25, -0.2) is 14.2 Å². The van der Waals surface area contributed by atoms with E-state index in [1.807, 2.05) is 10.3 Å². The quantitative estimate of drug-likeness (QED) is 0.241. The highest BCUT2D eigenvalue weighted by atomic mass is 79.9. The summed E-state index contributed by atoms with van der Waals surface area (Å²) < 4.78 is 19.9. The first kappa shape index (κ1) is 30.7. The van der Waals surface area contributed by atoms with Crippen LogP contribution in [0.25, 0.3) is 0 Å². The molecule has 0 radical (unpaired) electrons. The molecule has 10 nitrogen and oxygen atoms in total. The second-order valence-corrected chi connectivity index (χ2v) is 11.7. The van der Waals surface area contributed by atoms with Gasteiger partial charge in [-0.2, -0.15) is 0 Å². The maximum Gasteiger partial charge on any atom is 0.338 e. The van der Waals surface area contributed by atoms with Gasteiger partial charge in [0.15, 0.2) is 10.8 Å². The Morgan fingerprint density at radius 3 is 2.56 bits per heavy atom. The molecule has 43 heavy (non-hydrogen) atoms. The SMILES string of the molecule is CCOC(=O)C1=C(CN2CCN(C(C(=O)O)c3ccc(C=O)cc3)CC2)NC(c2nccs2)=NC1c1ccc(F)cc1Br. The average molecular weight is 671 g/mol. The molecule has 0 amide bonds. The lowest BCUT2D eigenvalue weighted by Crippen LogP contribution is -2.51. The second-order valence-electron chi connectivity index (χ2n) is 9.96. The van der Waals surface area contributed by atoms with E-state index in [1.165, 1.54) is 23.5 Å². The van der Waals surface area contributed by atoms with Crippen LogP contribution in [0.1, 0.15) is 45.5 Å². The number of benzene rings is 2. The molecule has 1 saturated heterocycles. The Morgan fingerprint density at radius 2 is 1.95 bits per heavy atom. The molecule has 0 bridgehead atoms. The van der Waals surface area contributed by atoms with Crippen LogP contribution in [0.15, 0.2) is 74.8 Å². The van der Waals surface area contributed by atoms with E-state index in [0.29, 0.717) is 76.0 Å². The van der Waals surface area contributed by atoms with Crippen LogP contribution in [0.2, 0.25) is 0 Å². The minimum absolute atomic E-state index is 0.166. The molecule has 2 aliphatic heterocycles. The lowest BCUT2D eigenvalue weighted by molar-refractivity contribution is -0.144. The van der Waals surface area contributed by atoms with Crippen molar-refractivity contribution in [2.45, 2.75) is 19.0 Å². The highest BCUT2D eigenvalue weighted by molar-refractivity contribution is 9.10. The third-order valence-electron chi connectivity index (χ3n) is 7.29. The van der Waals surface area contributed by atoms with Crippen molar-refractivity contribution in [2.75, 3.05) is 39.3 Å². The lowest BCUT2D eigenvalue weighted by Gasteiger charge is -2.39. The van der Waals surface area contributed by atoms with Crippen LogP contribution in [0.4, 0.5) is 4.39 Å². The number of carbonyl (C=O) groups excluding carboxylic acids is 2. The van der Waals surface area contributed by atoms with Crippen molar-refractivity contribution in [1.82, 2.24) is 20.1 Å². The van der Waals surface area contributed by atoms with E-state index in [-0.39, 0.29) is 6.61 Å². The summed E-state index contributed by atoms with van der Waals surface area (Å²) in [4.78, 5) is 50.0. The first-order chi connectivity index (χ1) is 20.8. The lowest BCUT2D eigenvalue weighted by atomic mass is 9.95. The number of nitrogens with zero attached hydrogens (tertiary/aromatic N) is 4. The molecule has 3 aromatic rings. The number of hydrogen-bond acceptors (Lipinski definition) is 10. The fraction of sp³-hybridized carbons (Fsp3) is 0.300. The topological polar surface area (TPSA) is 124 Å². The molecule has 2 aromatic carbocycles. The van der Waals surface area contributed by atoms with Crippen LogP contribution in [0.5, 0.6) is 0 Å². The number of aliphatic imine (C=N–C) groups is 1. The van der Waals surface area contributed by atoms with E-state index in [4.69, 9.17) is 9.73 Å². The number of thiazole rings is 1. The normalized spacial score (nSPS) is 18.5. The van der Waals surface area contributed by atoms with Gasteiger partial charge in [-0.1, -0.05) is 46.3 Å². The summed E-state index contributed by atoms with van der Waals surface area (Å²) in [7, 11) is 0. The summed E-state index contributed by atoms with van der Waals surface area (Å²) in [6.07, 6.45) is 2.39. The van der Waals surface area contributed by atoms with E-state index < -0.39 is 29.8 Å². The van der Waals surface area contributed by atoms with Crippen molar-refractivity contribution in [3.8, 4) is 0 Å². The summed E-state index contributed by atoms with van der Waals surface area (Å²) in [6, 6.07) is 9.20. The molecule has 2 unspecified atom stereocenters. The Balaban J connectivity index is 1.43. The van der Waals surface area contributed by atoms with E-state index in [2.05, 4.69) is 31.1 Å². The maximum atomic E-state index is 14.0. The van der Waals surface area contributed by atoms with Gasteiger partial charge in [0.1, 0.15) is 24.2 Å². The number of aliphatic carboxylic acids is 1. The third-order valence-corrected chi connectivity index (χ3v) is 8.76. The second kappa shape index (κ2) is 13.7. The molecule has 2 atom stereocenters. The molecule has 0 aliphatic carbocycles. The Bertz CT molecular complexity index is 1560. The number of nitrogens with one attached hydrogen (secondary N) is 1. The number of rotatable bonds is 10. The standard InChI is InChI=1S/C30H29BrFN5O5S/c1-2-42-30(41)24-23(34-27(28-33-9-14-43-28)35-25(24)21-8-7-20(32)15-22(21)31)16-36-10-12-37(13-11-36)26(29(39)40)19-5-3-18(17-38)4-6-19/h3-9,14-15,17,25-26H,2,10-13,16H2,1H3,(H,34,35)(H,39,40). The van der Waals surface area contributed by atoms with Crippen LogP contribution in [0.3, 0.4) is 0 Å². The van der Waals surface area contributed by atoms with Gasteiger partial charge in [0.25, 0.3) is 0 Å². The van der Waals surface area contributed by atoms with E-state index in [9.17, 15) is 23.9 Å². The van der Waals surface area contributed by atoms with Crippen molar-refractivity contribution in [1.29, 1.82) is 0 Å². The van der Waals surface area contributed by atoms with Gasteiger partial charge in [-0.3, -0.25) is 24.4 Å². The number of carboxylic acid groups (broad SMARTS) is 1. The number of amidine groups is 1. The van der Waals surface area contributed by atoms with E-state index in [0.717, 1.165) is 6.29 Å². The van der Waals surface area contributed by atoms with Crippen LogP contribution in [-0.2, 0) is 14.3 Å². The molecule has 13 heteroatoms. The first-order valence-corrected chi connectivity index (χ1v) is 15.3. The number of halogens is 2. The largest absolute Gasteiger partial charge is 0.480 e. The summed E-state index contributed by atoms with van der Waals surface area (Å²) >= 11 is 4.84. The fourth-order valence-corrected chi connectivity index (χ4v) is 6.39. The molecule has 3 heterocycles. The average Bonchev–Trinajstić information content (AvgIpc) is 3.53. The zero-order valence-electron chi connectivity index (χ0n) is 23.2. The van der Waals surface area contributed by atoms with Gasteiger partial charge in [0.2, 0.25) is 0 Å². The number of piperazine rings is 1. The van der Waals surface area contributed by atoms with Crippen molar-refractivity contribution in [2.24, 2.45) is 4.99 Å². The van der Waals surface area contributed by atoms with Crippen molar-refractivity contribution < 1.29 is 28.6 Å². The molecule has 1 aromatic heterocycles. The fourth-order valence-electron chi connectivity index (χ4n) is 5.24. The van der Waals surface area contributed by atoms with Crippen LogP contribution in [0, 0.1) is 5.82 Å². The van der Waals surface area contributed by atoms with Crippen molar-refractivity contribution in [3.63, 3.8) is 0 Å². The van der Waals surface area contributed by atoms with Crippen LogP contribution < -0.4 is 5.32 Å². The number of esters is 1. The van der Waals surface area contributed by atoms with Crippen LogP contribution >= 0.6 is 27.3 Å². The number of aromatic nitrogens is 1. The number of hydrogen-bond donors (Lipinski definition) is 2. The van der Waals surface area contributed by atoms with Crippen molar-refractivity contribution >= 4 is 51.3 Å². The minimum Gasteiger partial charge on any atom is -0.480 e. The molecular weight excluding hydrogens is 641 g/mol. The Hall–Kier alpha value is -3.78. The van der Waals surface area contributed by atoms with E-state index in [1.54, 1.807) is 43.5 Å². The monoisotopic (exact) mass is 669 g/mol. The number of carbonyl (C=O) groups is 3. The van der Waals surface area contributed by atoms with Gasteiger partial charge in [-0.15, -0.1) is 11.3 Å². The zero-order chi connectivity index (χ0) is 30.5. The maximum absolute atomic E-state index is 14.0. The summed E-state index contributed by atoms with van der Waals surface area (Å²) in [5.74, 6) is -1.43. The number of carboxylic acids is 1. The predicted octanol–water partition coefficient (Wildman–Crippen LogP) is 4.21. The summed E-state index contributed by atoms with van der Waals surface area (Å²) in [6.45, 7) is 4.24. The third kappa shape index (κ3) is 6.90. The molecule has 5 rings (SSSR count). The van der Waals surface area contributed by atoms with Gasteiger partial charge in [-0.05, 0) is 30.2 Å². The molecular formula is C30H29BrFN5O5S. The highest BCUT2D eigenvalue weighted by Gasteiger charge is 2.36. The van der Waals surface area contributed by atoms with Gasteiger partial charge < -0.3 is 15.2 Å². The molecule has 1 fully saturated rings. The predicted molar refractivity (Wildman–Crippen MR) is 163 cm³/mol. The van der Waals surface area contributed by atoms with Crippen molar-refractivity contribution in [3.05, 3.63) is 97.3 Å². The molecule has 2 aliphatic rings. The first-order valence-electron chi connectivity index (χ1n) is 13.6. The molecule has 2 N–H and O–H groups in total. The molecule has 0 spiro atoms. The van der Waals surface area contributed by atoms with Gasteiger partial charge >= 0.3 is 11.9 Å². The molecule has 0 saturated carbocycles. The van der Waals surface area contributed by atoms with Gasteiger partial charge in [0, 0.05) is 60.0 Å².